The van der Waals surface area contributed by atoms with Crippen LogP contribution < -0.4 is 15.0 Å². The Morgan fingerprint density at radius 1 is 1.32 bits per heavy atom. The molecule has 0 atom stereocenters. The van der Waals surface area contributed by atoms with Gasteiger partial charge in [0.15, 0.2) is 11.6 Å². The van der Waals surface area contributed by atoms with E-state index in [1.807, 2.05) is 12.1 Å². The van der Waals surface area contributed by atoms with Crippen LogP contribution in [0.5, 0.6) is 5.75 Å². The maximum atomic E-state index is 13.7. The van der Waals surface area contributed by atoms with Crippen LogP contribution >= 0.6 is 0 Å². The van der Waals surface area contributed by atoms with Crippen LogP contribution in [-0.4, -0.2) is 31.2 Å². The highest BCUT2D eigenvalue weighted by Gasteiger charge is 2.19. The molecular weight excluding hydrogens is 319 g/mol. The van der Waals surface area contributed by atoms with Crippen molar-refractivity contribution in [3.8, 4) is 11.8 Å². The number of benzene rings is 1. The number of nitriles is 1. The maximum Gasteiger partial charge on any atom is 0.165 e. The zero-order valence-corrected chi connectivity index (χ0v) is 14.2. The average Bonchev–Trinajstić information content (AvgIpc) is 2.67. The smallest absolute Gasteiger partial charge is 0.165 e. The SMILES string of the molecule is COc1ccc(CNC2CCN(c3ccc(C#N)cn3)CC2)cc1F. The van der Waals surface area contributed by atoms with E-state index < -0.39 is 0 Å². The highest BCUT2D eigenvalue weighted by Crippen LogP contribution is 2.20. The topological polar surface area (TPSA) is 61.2 Å². The van der Waals surface area contributed by atoms with E-state index in [-0.39, 0.29) is 11.6 Å². The van der Waals surface area contributed by atoms with Crippen LogP contribution in [0, 0.1) is 17.1 Å². The lowest BCUT2D eigenvalue weighted by atomic mass is 10.0. The Bertz CT molecular complexity index is 749. The molecule has 0 radical (unpaired) electrons. The van der Waals surface area contributed by atoms with Crippen molar-refractivity contribution in [2.75, 3.05) is 25.1 Å². The third kappa shape index (κ3) is 4.25. The van der Waals surface area contributed by atoms with Gasteiger partial charge in [0.25, 0.3) is 0 Å². The van der Waals surface area contributed by atoms with Crippen LogP contribution in [0.3, 0.4) is 0 Å². The minimum Gasteiger partial charge on any atom is -0.494 e. The Morgan fingerprint density at radius 3 is 2.72 bits per heavy atom. The molecule has 5 nitrogen and oxygen atoms in total. The molecule has 0 bridgehead atoms. The Labute approximate surface area is 147 Å². The van der Waals surface area contributed by atoms with Gasteiger partial charge in [0, 0.05) is 31.9 Å². The standard InChI is InChI=1S/C19H21FN4O/c1-25-18-4-2-14(10-17(18)20)12-22-16-6-8-24(9-7-16)19-5-3-15(11-21)13-23-19/h2-5,10,13,16,22H,6-9,12H2,1H3. The summed E-state index contributed by atoms with van der Waals surface area (Å²) >= 11 is 0. The second kappa shape index (κ2) is 7.95. The molecule has 0 spiro atoms. The molecule has 1 fully saturated rings. The van der Waals surface area contributed by atoms with Gasteiger partial charge in [-0.1, -0.05) is 6.07 Å². The van der Waals surface area contributed by atoms with Crippen LogP contribution in [0.15, 0.2) is 36.5 Å². The van der Waals surface area contributed by atoms with Crippen molar-refractivity contribution in [2.24, 2.45) is 0 Å². The maximum absolute atomic E-state index is 13.7. The van der Waals surface area contributed by atoms with Gasteiger partial charge in [-0.3, -0.25) is 0 Å². The van der Waals surface area contributed by atoms with E-state index in [9.17, 15) is 4.39 Å². The molecule has 25 heavy (non-hydrogen) atoms. The molecular formula is C19H21FN4O. The van der Waals surface area contributed by atoms with E-state index >= 15 is 0 Å². The summed E-state index contributed by atoms with van der Waals surface area (Å²) in [6.07, 6.45) is 3.61. The van der Waals surface area contributed by atoms with E-state index in [1.54, 1.807) is 18.3 Å². The Balaban J connectivity index is 1.49. The molecule has 1 aliphatic heterocycles. The fourth-order valence-corrected chi connectivity index (χ4v) is 3.03. The van der Waals surface area contributed by atoms with Gasteiger partial charge in [0.05, 0.1) is 12.7 Å². The van der Waals surface area contributed by atoms with Crippen LogP contribution in [0.1, 0.15) is 24.0 Å². The number of pyridine rings is 1. The van der Waals surface area contributed by atoms with E-state index in [2.05, 4.69) is 21.3 Å². The molecule has 2 heterocycles. The first-order chi connectivity index (χ1) is 12.2. The fraction of sp³-hybridized carbons (Fsp3) is 0.368. The average molecular weight is 340 g/mol. The van der Waals surface area contributed by atoms with Crippen molar-refractivity contribution in [3.63, 3.8) is 0 Å². The lowest BCUT2D eigenvalue weighted by molar-refractivity contribution is 0.385. The number of rotatable bonds is 5. The second-order valence-electron chi connectivity index (χ2n) is 6.13. The summed E-state index contributed by atoms with van der Waals surface area (Å²) in [6.45, 7) is 2.46. The molecule has 3 rings (SSSR count). The molecule has 0 unspecified atom stereocenters. The number of nitrogens with zero attached hydrogens (tertiary/aromatic N) is 3. The molecule has 2 aromatic rings. The predicted octanol–water partition coefficient (Wildman–Crippen LogP) is 2.86. The number of hydrogen-bond donors (Lipinski definition) is 1. The molecule has 0 saturated carbocycles. The first-order valence-corrected chi connectivity index (χ1v) is 8.36. The van der Waals surface area contributed by atoms with Crippen molar-refractivity contribution < 1.29 is 9.13 Å². The Morgan fingerprint density at radius 2 is 2.12 bits per heavy atom. The number of halogens is 1. The highest BCUT2D eigenvalue weighted by atomic mass is 19.1. The normalized spacial score (nSPS) is 15.0. The number of nitrogens with one attached hydrogen (secondary N) is 1. The molecule has 130 valence electrons. The number of methoxy groups -OCH3 is 1. The minimum absolute atomic E-state index is 0.270. The van der Waals surface area contributed by atoms with Crippen LogP contribution in [-0.2, 0) is 6.54 Å². The quantitative estimate of drug-likeness (QED) is 0.907. The molecule has 1 aromatic carbocycles. The number of piperidine rings is 1. The molecule has 1 saturated heterocycles. The van der Waals surface area contributed by atoms with Crippen LogP contribution in [0.4, 0.5) is 10.2 Å². The van der Waals surface area contributed by atoms with Crippen molar-refractivity contribution in [1.29, 1.82) is 5.26 Å². The van der Waals surface area contributed by atoms with Crippen LogP contribution in [0.25, 0.3) is 0 Å². The van der Waals surface area contributed by atoms with Gasteiger partial charge in [0.1, 0.15) is 11.9 Å². The van der Waals surface area contributed by atoms with Gasteiger partial charge in [0.2, 0.25) is 0 Å². The number of aromatic nitrogens is 1. The van der Waals surface area contributed by atoms with Crippen molar-refractivity contribution in [3.05, 3.63) is 53.5 Å². The lowest BCUT2D eigenvalue weighted by Gasteiger charge is -2.33. The Kier molecular flexibility index (Phi) is 5.46. The summed E-state index contributed by atoms with van der Waals surface area (Å²) in [4.78, 5) is 6.58. The van der Waals surface area contributed by atoms with E-state index in [1.165, 1.54) is 13.2 Å². The summed E-state index contributed by atoms with van der Waals surface area (Å²) in [6, 6.07) is 11.2. The van der Waals surface area contributed by atoms with Crippen molar-refractivity contribution >= 4 is 5.82 Å². The van der Waals surface area contributed by atoms with Crippen molar-refractivity contribution in [1.82, 2.24) is 10.3 Å². The monoisotopic (exact) mass is 340 g/mol. The first-order valence-electron chi connectivity index (χ1n) is 8.36. The zero-order chi connectivity index (χ0) is 17.6. The number of ether oxygens (including phenoxy) is 1. The van der Waals surface area contributed by atoms with Crippen molar-refractivity contribution in [2.45, 2.75) is 25.4 Å². The third-order valence-electron chi connectivity index (χ3n) is 4.51. The third-order valence-corrected chi connectivity index (χ3v) is 4.51. The molecule has 0 amide bonds. The van der Waals surface area contributed by atoms with E-state index in [4.69, 9.17) is 10.00 Å². The van der Waals surface area contributed by atoms with Gasteiger partial charge >= 0.3 is 0 Å². The fourth-order valence-electron chi connectivity index (χ4n) is 3.03. The number of hydrogen-bond acceptors (Lipinski definition) is 5. The largest absolute Gasteiger partial charge is 0.494 e. The van der Waals surface area contributed by atoms with Gasteiger partial charge in [-0.2, -0.15) is 5.26 Å². The summed E-state index contributed by atoms with van der Waals surface area (Å²) in [7, 11) is 1.47. The lowest BCUT2D eigenvalue weighted by Crippen LogP contribution is -2.42. The van der Waals surface area contributed by atoms with Gasteiger partial charge in [-0.05, 0) is 42.7 Å². The summed E-state index contributed by atoms with van der Waals surface area (Å²) in [5.74, 6) is 0.852. The summed E-state index contributed by atoms with van der Waals surface area (Å²) < 4.78 is 18.7. The van der Waals surface area contributed by atoms with E-state index in [0.717, 1.165) is 37.3 Å². The van der Waals surface area contributed by atoms with E-state index in [0.29, 0.717) is 18.2 Å². The Hall–Kier alpha value is -2.65. The zero-order valence-electron chi connectivity index (χ0n) is 14.2. The molecule has 0 aliphatic carbocycles. The molecule has 1 aromatic heterocycles. The van der Waals surface area contributed by atoms with Gasteiger partial charge in [-0.15, -0.1) is 0 Å². The molecule has 1 aliphatic rings. The molecule has 6 heteroatoms. The summed E-state index contributed by atoms with van der Waals surface area (Å²) in [5.41, 5.74) is 1.49. The molecule has 1 N–H and O–H groups in total. The first kappa shape index (κ1) is 17.2. The predicted molar refractivity (Wildman–Crippen MR) is 94.0 cm³/mol. The van der Waals surface area contributed by atoms with Gasteiger partial charge < -0.3 is 15.0 Å². The minimum atomic E-state index is -0.330. The summed E-state index contributed by atoms with van der Waals surface area (Å²) in [5, 5.41) is 12.3. The highest BCUT2D eigenvalue weighted by molar-refractivity contribution is 5.42. The van der Waals surface area contributed by atoms with Crippen LogP contribution in [0.2, 0.25) is 0 Å². The van der Waals surface area contributed by atoms with Gasteiger partial charge in [-0.25, -0.2) is 9.37 Å². The number of anilines is 1. The second-order valence-corrected chi connectivity index (χ2v) is 6.13.